The average molecular weight is 404 g/mol. The van der Waals surface area contributed by atoms with Gasteiger partial charge >= 0.3 is 12.3 Å². The molecule has 1 aromatic heterocycles. The number of fused-ring (bicyclic) bond motifs is 2. The third-order valence-electron chi connectivity index (χ3n) is 4.25. The molecule has 2 amide bonds. The lowest BCUT2D eigenvalue weighted by Gasteiger charge is -2.32. The van der Waals surface area contributed by atoms with Crippen molar-refractivity contribution in [3.63, 3.8) is 0 Å². The number of alkyl halides is 3. The Labute approximate surface area is 155 Å². The molecule has 3 aliphatic rings. The smallest absolute Gasteiger partial charge is 0.430 e. The summed E-state index contributed by atoms with van der Waals surface area (Å²) >= 11 is 0. The lowest BCUT2D eigenvalue weighted by atomic mass is 10.0. The van der Waals surface area contributed by atoms with Gasteiger partial charge in [0.2, 0.25) is 0 Å². The van der Waals surface area contributed by atoms with Crippen LogP contribution in [0.5, 0.6) is 5.75 Å². The maximum absolute atomic E-state index is 12.1. The van der Waals surface area contributed by atoms with Crippen molar-refractivity contribution in [3.05, 3.63) is 12.1 Å². The van der Waals surface area contributed by atoms with Crippen LogP contribution in [0.1, 0.15) is 0 Å². The van der Waals surface area contributed by atoms with E-state index in [1.54, 1.807) is 12.1 Å². The number of nitrogens with two attached hydrogens (primary N) is 1. The van der Waals surface area contributed by atoms with Crippen LogP contribution >= 0.6 is 0 Å². The molecule has 0 unspecified atom stereocenters. The van der Waals surface area contributed by atoms with Crippen molar-refractivity contribution in [1.29, 1.82) is 0 Å². The van der Waals surface area contributed by atoms with Crippen molar-refractivity contribution in [2.24, 2.45) is 5.92 Å². The Balaban J connectivity index is 0.000000279. The van der Waals surface area contributed by atoms with Crippen molar-refractivity contribution in [2.45, 2.75) is 12.3 Å². The van der Waals surface area contributed by atoms with Gasteiger partial charge in [0.25, 0.3) is 5.91 Å². The number of ether oxygens (including phenoxy) is 2. The second kappa shape index (κ2) is 7.50. The first-order valence-electron chi connectivity index (χ1n) is 8.17. The quantitative estimate of drug-likeness (QED) is 0.565. The molecule has 1 aromatic rings. The number of quaternary nitrogens is 1. The minimum Gasteiger partial charge on any atom is -0.542 e. The van der Waals surface area contributed by atoms with E-state index in [0.717, 1.165) is 13.1 Å². The van der Waals surface area contributed by atoms with E-state index >= 15 is 0 Å². The number of rotatable bonds is 1. The molecule has 3 aliphatic heterocycles. The summed E-state index contributed by atoms with van der Waals surface area (Å²) in [6.45, 7) is 2.34. The van der Waals surface area contributed by atoms with Crippen molar-refractivity contribution in [1.82, 2.24) is 4.98 Å². The second-order valence-electron chi connectivity index (χ2n) is 6.19. The fraction of sp³-hybridized carbons (Fsp3) is 0.467. The molecule has 0 saturated carbocycles. The molecule has 0 bridgehead atoms. The Hall–Kier alpha value is -3.09. The molecule has 0 aliphatic carbocycles. The molecule has 13 heteroatoms. The van der Waals surface area contributed by atoms with Crippen LogP contribution in [-0.2, 0) is 14.3 Å². The van der Waals surface area contributed by atoms with Crippen molar-refractivity contribution in [2.75, 3.05) is 36.5 Å². The second-order valence-corrected chi connectivity index (χ2v) is 6.19. The highest BCUT2D eigenvalue weighted by Gasteiger charge is 2.42. The van der Waals surface area contributed by atoms with Gasteiger partial charge in [0.05, 0.1) is 12.5 Å². The standard InChI is InChI=1S/C13H14N4O4.C2HF3O2/c18-11-6-20-8-1-2-10(15-12(8)16-11)17-5-7-3-14-4-9(7)21-13(17)19;3-2(4,5)1(6)7/h1-2,7,9,14H,3-6H2,(H,15,16,18);(H,6,7)/t7-,9-;/m0./s1. The largest absolute Gasteiger partial charge is 0.542 e. The Morgan fingerprint density at radius 2 is 2.04 bits per heavy atom. The highest BCUT2D eigenvalue weighted by atomic mass is 19.4. The van der Waals surface area contributed by atoms with Crippen LogP contribution < -0.4 is 25.4 Å². The first-order valence-corrected chi connectivity index (χ1v) is 8.17. The number of aliphatic carboxylic acids is 1. The molecule has 0 spiro atoms. The van der Waals surface area contributed by atoms with Crippen LogP contribution in [-0.4, -0.2) is 61.5 Å². The fourth-order valence-electron chi connectivity index (χ4n) is 2.95. The number of aromatic nitrogens is 1. The molecule has 4 heterocycles. The number of carboxylic acid groups (broad SMARTS) is 1. The average Bonchev–Trinajstić information content (AvgIpc) is 3.07. The fourth-order valence-corrected chi connectivity index (χ4v) is 2.95. The predicted octanol–water partition coefficient (Wildman–Crippen LogP) is -1.77. The van der Waals surface area contributed by atoms with Gasteiger partial charge in [-0.1, -0.05) is 0 Å². The van der Waals surface area contributed by atoms with Crippen LogP contribution in [0, 0.1) is 5.92 Å². The number of amides is 2. The van der Waals surface area contributed by atoms with E-state index in [-0.39, 0.29) is 24.7 Å². The van der Waals surface area contributed by atoms with E-state index < -0.39 is 12.1 Å². The number of nitrogens with one attached hydrogen (secondary N) is 1. The summed E-state index contributed by atoms with van der Waals surface area (Å²) in [6, 6.07) is 3.41. The number of carbonyl (C=O) groups is 3. The molecule has 2 atom stereocenters. The summed E-state index contributed by atoms with van der Waals surface area (Å²) in [5.74, 6) is -1.62. The summed E-state index contributed by atoms with van der Waals surface area (Å²) in [5.41, 5.74) is 0. The van der Waals surface area contributed by atoms with E-state index in [4.69, 9.17) is 19.4 Å². The third kappa shape index (κ3) is 4.24. The van der Waals surface area contributed by atoms with Crippen molar-refractivity contribution >= 4 is 29.6 Å². The summed E-state index contributed by atoms with van der Waals surface area (Å²) in [4.78, 5) is 38.1. The van der Waals surface area contributed by atoms with Crippen LogP contribution in [0.3, 0.4) is 0 Å². The van der Waals surface area contributed by atoms with Gasteiger partial charge in [-0.2, -0.15) is 13.2 Å². The Bertz CT molecular complexity index is 802. The van der Waals surface area contributed by atoms with Gasteiger partial charge < -0.3 is 30.0 Å². The monoisotopic (exact) mass is 404 g/mol. The number of hydrogen-bond acceptors (Lipinski definition) is 7. The van der Waals surface area contributed by atoms with Crippen LogP contribution in [0.2, 0.25) is 0 Å². The zero-order valence-electron chi connectivity index (χ0n) is 14.2. The van der Waals surface area contributed by atoms with Gasteiger partial charge in [-0.25, -0.2) is 9.78 Å². The van der Waals surface area contributed by atoms with Gasteiger partial charge in [-0.3, -0.25) is 9.69 Å². The zero-order valence-corrected chi connectivity index (χ0v) is 14.2. The Morgan fingerprint density at radius 3 is 2.71 bits per heavy atom. The van der Waals surface area contributed by atoms with Gasteiger partial charge in [-0.05, 0) is 12.1 Å². The first kappa shape index (κ1) is 19.7. The van der Waals surface area contributed by atoms with Gasteiger partial charge in [-0.15, -0.1) is 0 Å². The molecule has 4 rings (SSSR count). The number of halogens is 3. The van der Waals surface area contributed by atoms with E-state index in [2.05, 4.69) is 15.6 Å². The number of carbonyl (C=O) groups excluding carboxylic acids is 3. The van der Waals surface area contributed by atoms with E-state index in [1.165, 1.54) is 4.90 Å². The summed E-state index contributed by atoms with van der Waals surface area (Å²) < 4.78 is 42.2. The number of nitrogens with zero attached hydrogens (tertiary/aromatic N) is 2. The Morgan fingerprint density at radius 1 is 1.32 bits per heavy atom. The summed E-state index contributed by atoms with van der Waals surface area (Å²) in [7, 11) is 0. The number of carboxylic acids is 1. The third-order valence-corrected chi connectivity index (χ3v) is 4.25. The van der Waals surface area contributed by atoms with E-state index in [1.807, 2.05) is 0 Å². The van der Waals surface area contributed by atoms with E-state index in [0.29, 0.717) is 29.8 Å². The van der Waals surface area contributed by atoms with Crippen molar-refractivity contribution < 1.29 is 47.5 Å². The maximum atomic E-state index is 12.1. The summed E-state index contributed by atoms with van der Waals surface area (Å²) in [5, 5.41) is 13.6. The molecule has 10 nitrogen and oxygen atoms in total. The molecule has 0 aromatic carbocycles. The van der Waals surface area contributed by atoms with Crippen molar-refractivity contribution in [3.8, 4) is 5.75 Å². The molecular formula is C15H15F3N4O6. The van der Waals surface area contributed by atoms with Crippen LogP contribution in [0.4, 0.5) is 29.6 Å². The van der Waals surface area contributed by atoms with Gasteiger partial charge in [0.1, 0.15) is 18.3 Å². The zero-order chi connectivity index (χ0) is 20.5. The predicted molar refractivity (Wildman–Crippen MR) is 82.2 cm³/mol. The number of hydrogen-bond donors (Lipinski definition) is 2. The molecular weight excluding hydrogens is 389 g/mol. The van der Waals surface area contributed by atoms with Crippen LogP contribution in [0.25, 0.3) is 0 Å². The molecule has 0 radical (unpaired) electrons. The minimum atomic E-state index is -5.19. The Kier molecular flexibility index (Phi) is 5.27. The molecule has 2 saturated heterocycles. The topological polar surface area (TPSA) is 137 Å². The van der Waals surface area contributed by atoms with Crippen LogP contribution in [0.15, 0.2) is 12.1 Å². The summed E-state index contributed by atoms with van der Waals surface area (Å²) in [6.07, 6.45) is -5.59. The number of pyridine rings is 1. The van der Waals surface area contributed by atoms with E-state index in [9.17, 15) is 22.8 Å². The molecule has 3 N–H and O–H groups in total. The minimum absolute atomic E-state index is 0.00517. The normalized spacial score (nSPS) is 23.3. The SMILES string of the molecule is O=C([O-])C(F)(F)F.O=C1COc2ccc(N3C[C@@H]4C[NH2+]C[C@@H]4OC3=O)nc2N1. The first-order chi connectivity index (χ1) is 13.1. The maximum Gasteiger partial charge on any atom is 0.430 e. The molecule has 152 valence electrons. The molecule has 28 heavy (non-hydrogen) atoms. The highest BCUT2D eigenvalue weighted by molar-refractivity contribution is 5.95. The lowest BCUT2D eigenvalue weighted by Crippen LogP contribution is -2.82. The van der Waals surface area contributed by atoms with Gasteiger partial charge in [0, 0.05) is 6.54 Å². The highest BCUT2D eigenvalue weighted by Crippen LogP contribution is 2.30. The molecule has 2 fully saturated rings. The number of anilines is 2. The lowest BCUT2D eigenvalue weighted by molar-refractivity contribution is -0.640. The van der Waals surface area contributed by atoms with Gasteiger partial charge in [0.15, 0.2) is 24.3 Å².